The van der Waals surface area contributed by atoms with Gasteiger partial charge in [0.2, 0.25) is 0 Å². The van der Waals surface area contributed by atoms with Gasteiger partial charge in [0.05, 0.1) is 33.9 Å². The van der Waals surface area contributed by atoms with Crippen LogP contribution in [0, 0.1) is 0 Å². The van der Waals surface area contributed by atoms with Gasteiger partial charge < -0.3 is 24.0 Å². The summed E-state index contributed by atoms with van der Waals surface area (Å²) in [6, 6.07) is 0. The molecule has 0 aromatic heterocycles. The molecule has 0 bridgehead atoms. The molecule has 11 heteroatoms. The summed E-state index contributed by atoms with van der Waals surface area (Å²) in [7, 11) is 1.41. The molecule has 0 rings (SSSR count). The van der Waals surface area contributed by atoms with Gasteiger partial charge in [0, 0.05) is 12.8 Å². The molecule has 0 aliphatic heterocycles. The highest BCUT2D eigenvalue weighted by molar-refractivity contribution is 7.47. The first-order chi connectivity index (χ1) is 26.4. The van der Waals surface area contributed by atoms with Gasteiger partial charge in [0.1, 0.15) is 19.8 Å². The van der Waals surface area contributed by atoms with E-state index in [2.05, 4.69) is 19.9 Å². The summed E-state index contributed by atoms with van der Waals surface area (Å²) in [6.07, 6.45) is 37.6. The Labute approximate surface area is 336 Å². The van der Waals surface area contributed by atoms with E-state index in [4.69, 9.17) is 18.5 Å². The van der Waals surface area contributed by atoms with Gasteiger partial charge in [0.25, 0.3) is 0 Å². The van der Waals surface area contributed by atoms with Crippen molar-refractivity contribution in [1.29, 1.82) is 0 Å². The van der Waals surface area contributed by atoms with Crippen LogP contribution in [0.5, 0.6) is 0 Å². The number of hydrogen-bond acceptors (Lipinski definition) is 8. The molecule has 320 valence electrons. The maximum Gasteiger partial charge on any atom is 0.472 e. The summed E-state index contributed by atoms with van der Waals surface area (Å²) in [5, 5.41) is 10.1. The third kappa shape index (κ3) is 39.9. The Morgan fingerprint density at radius 3 is 1.85 bits per heavy atom. The number of rotatable bonds is 38. The fourth-order valence-electron chi connectivity index (χ4n) is 5.50. The number of carbonyl (C=O) groups is 2. The van der Waals surface area contributed by atoms with Crippen molar-refractivity contribution >= 4 is 19.8 Å². The number of aliphatic hydroxyl groups excluding tert-OH is 1. The predicted octanol–water partition coefficient (Wildman–Crippen LogP) is 10.9. The van der Waals surface area contributed by atoms with Gasteiger partial charge in [-0.25, -0.2) is 4.57 Å². The fourth-order valence-corrected chi connectivity index (χ4v) is 6.24. The van der Waals surface area contributed by atoms with Gasteiger partial charge >= 0.3 is 19.8 Å². The number of phosphoric ester groups is 1. The Hall–Kier alpha value is -2.07. The van der Waals surface area contributed by atoms with Crippen LogP contribution in [-0.4, -0.2) is 86.1 Å². The van der Waals surface area contributed by atoms with Crippen molar-refractivity contribution in [1.82, 2.24) is 0 Å². The van der Waals surface area contributed by atoms with Crippen LogP contribution < -0.4 is 0 Å². The van der Waals surface area contributed by atoms with Gasteiger partial charge in [-0.2, -0.15) is 0 Å². The van der Waals surface area contributed by atoms with E-state index in [9.17, 15) is 24.2 Å². The van der Waals surface area contributed by atoms with E-state index in [0.717, 1.165) is 32.1 Å². The molecule has 1 unspecified atom stereocenters. The highest BCUT2D eigenvalue weighted by Gasteiger charge is 2.27. The average Bonchev–Trinajstić information content (AvgIpc) is 3.13. The van der Waals surface area contributed by atoms with Crippen LogP contribution in [0.4, 0.5) is 0 Å². The molecule has 0 spiro atoms. The third-order valence-corrected chi connectivity index (χ3v) is 9.93. The van der Waals surface area contributed by atoms with Crippen molar-refractivity contribution < 1.29 is 47.2 Å². The molecule has 0 fully saturated rings. The number of phosphoric acid groups is 1. The quantitative estimate of drug-likeness (QED) is 0.0157. The molecule has 0 radical (unpaired) electrons. The van der Waals surface area contributed by atoms with Gasteiger partial charge in [-0.15, -0.1) is 0 Å². The summed E-state index contributed by atoms with van der Waals surface area (Å²) in [5.41, 5.74) is 0. The number of nitrogens with zero attached hydrogens (tertiary/aromatic N) is 1. The lowest BCUT2D eigenvalue weighted by Gasteiger charge is -2.24. The van der Waals surface area contributed by atoms with Crippen molar-refractivity contribution in [2.75, 3.05) is 47.5 Å². The highest BCUT2D eigenvalue weighted by Crippen LogP contribution is 2.43. The second-order valence-electron chi connectivity index (χ2n) is 15.6. The monoisotopic (exact) mass is 799 g/mol. The lowest BCUT2D eigenvalue weighted by atomic mass is 10.0. The van der Waals surface area contributed by atoms with Gasteiger partial charge in [0.15, 0.2) is 6.10 Å². The Morgan fingerprint density at radius 2 is 1.22 bits per heavy atom. The van der Waals surface area contributed by atoms with Crippen LogP contribution in [0.2, 0.25) is 0 Å². The SMILES string of the molecule is CCCCC/C=C\C=C/[C@@H](O)C/C=C\C/C=C/CCCC(=O)OC[C@H](COP(=O)(O)OCC[N+](C)(C)C)OC(=O)CCCCCCCCCCCCCCC. The molecule has 0 amide bonds. The molecular weight excluding hydrogens is 717 g/mol. The van der Waals surface area contributed by atoms with E-state index in [1.807, 2.05) is 57.6 Å². The molecular formula is C44H81NO9P+. The van der Waals surface area contributed by atoms with E-state index in [1.54, 1.807) is 6.08 Å². The van der Waals surface area contributed by atoms with Gasteiger partial charge in [-0.1, -0.05) is 152 Å². The standard InChI is InChI=1S/C44H80NO9P/c1-6-8-10-12-14-15-16-17-18-19-23-28-32-36-44(48)54-42(40-53-55(49,50)52-38-37-45(3,4)5)39-51-43(47)35-31-27-24-20-22-26-30-34-41(46)33-29-25-21-13-11-9-7-2/h20-21,24-26,29-30,33,41-42,46H,6-19,22-23,27-28,31-32,34-40H2,1-5H3/p+1/b24-20+,25-21-,30-26-,33-29-/t41-,42-/m1/s1. The number of unbranched alkanes of at least 4 members (excludes halogenated alkanes) is 16. The zero-order valence-electron chi connectivity index (χ0n) is 35.5. The first kappa shape index (κ1) is 52.9. The molecule has 0 aliphatic rings. The topological polar surface area (TPSA) is 129 Å². The molecule has 0 aliphatic carbocycles. The molecule has 0 aromatic carbocycles. The van der Waals surface area contributed by atoms with E-state index in [1.165, 1.54) is 77.0 Å². The summed E-state index contributed by atoms with van der Waals surface area (Å²) in [4.78, 5) is 35.3. The van der Waals surface area contributed by atoms with Crippen LogP contribution in [0.25, 0.3) is 0 Å². The molecule has 55 heavy (non-hydrogen) atoms. The maximum absolute atomic E-state index is 12.7. The summed E-state index contributed by atoms with van der Waals surface area (Å²) in [5.74, 6) is -0.906. The minimum absolute atomic E-state index is 0.0125. The minimum Gasteiger partial charge on any atom is -0.462 e. The van der Waals surface area contributed by atoms with Gasteiger partial charge in [-0.3, -0.25) is 18.6 Å². The number of hydrogen-bond donors (Lipinski definition) is 2. The number of carbonyl (C=O) groups excluding carboxylic acids is 2. The summed E-state index contributed by atoms with van der Waals surface area (Å²) >= 11 is 0. The van der Waals surface area contributed by atoms with Crippen LogP contribution in [0.3, 0.4) is 0 Å². The largest absolute Gasteiger partial charge is 0.472 e. The van der Waals surface area contributed by atoms with Crippen molar-refractivity contribution in [2.45, 2.75) is 174 Å². The second kappa shape index (κ2) is 36.3. The predicted molar refractivity (Wildman–Crippen MR) is 226 cm³/mol. The van der Waals surface area contributed by atoms with Crippen molar-refractivity contribution in [3.05, 3.63) is 48.6 Å². The number of allylic oxidation sites excluding steroid dienone is 6. The van der Waals surface area contributed by atoms with Crippen molar-refractivity contribution in [2.24, 2.45) is 0 Å². The number of esters is 2. The Morgan fingerprint density at radius 1 is 0.655 bits per heavy atom. The van der Waals surface area contributed by atoms with E-state index in [0.29, 0.717) is 36.7 Å². The molecule has 10 nitrogen and oxygen atoms in total. The van der Waals surface area contributed by atoms with E-state index < -0.39 is 38.6 Å². The zero-order chi connectivity index (χ0) is 40.9. The molecule has 0 saturated carbocycles. The maximum atomic E-state index is 12.7. The molecule has 3 atom stereocenters. The average molecular weight is 799 g/mol. The summed E-state index contributed by atoms with van der Waals surface area (Å²) in [6.45, 7) is 4.23. The zero-order valence-corrected chi connectivity index (χ0v) is 36.4. The Bertz CT molecular complexity index is 1100. The first-order valence-electron chi connectivity index (χ1n) is 21.5. The lowest BCUT2D eigenvalue weighted by molar-refractivity contribution is -0.870. The van der Waals surface area contributed by atoms with E-state index in [-0.39, 0.29) is 26.1 Å². The molecule has 0 aromatic rings. The molecule has 2 N–H and O–H groups in total. The lowest BCUT2D eigenvalue weighted by Crippen LogP contribution is -2.37. The molecule has 0 heterocycles. The normalized spacial score (nSPS) is 14.7. The van der Waals surface area contributed by atoms with Crippen LogP contribution >= 0.6 is 7.82 Å². The second-order valence-corrected chi connectivity index (χ2v) is 17.0. The number of ether oxygens (including phenoxy) is 2. The van der Waals surface area contributed by atoms with Crippen molar-refractivity contribution in [3.8, 4) is 0 Å². The third-order valence-electron chi connectivity index (χ3n) is 8.94. The fraction of sp³-hybridized carbons (Fsp3) is 0.773. The first-order valence-corrected chi connectivity index (χ1v) is 23.0. The Kier molecular flexibility index (Phi) is 34.9. The van der Waals surface area contributed by atoms with Crippen LogP contribution in [0.15, 0.2) is 48.6 Å². The Balaban J connectivity index is 4.52. The smallest absolute Gasteiger partial charge is 0.462 e. The van der Waals surface area contributed by atoms with Crippen LogP contribution in [0.1, 0.15) is 162 Å². The van der Waals surface area contributed by atoms with Crippen molar-refractivity contribution in [3.63, 3.8) is 0 Å². The highest BCUT2D eigenvalue weighted by atomic mass is 31.2. The van der Waals surface area contributed by atoms with Gasteiger partial charge in [-0.05, 0) is 44.9 Å². The summed E-state index contributed by atoms with van der Waals surface area (Å²) < 4.78 is 34.2. The minimum atomic E-state index is -4.40. The van der Waals surface area contributed by atoms with Crippen LogP contribution in [-0.2, 0) is 32.7 Å². The number of likely N-dealkylation sites (N-methyl/N-ethyl adjacent to an activating group) is 1. The van der Waals surface area contributed by atoms with E-state index >= 15 is 0 Å². The molecule has 0 saturated heterocycles. The number of aliphatic hydroxyl groups is 1. The number of quaternary nitrogens is 1.